The van der Waals surface area contributed by atoms with Gasteiger partial charge in [-0.25, -0.2) is 0 Å². The minimum atomic E-state index is -5.03. The highest BCUT2D eigenvalue weighted by atomic mass is 19.4. The van der Waals surface area contributed by atoms with Crippen molar-refractivity contribution in [3.05, 3.63) is 23.8 Å². The molecule has 100 valence electrons. The van der Waals surface area contributed by atoms with E-state index < -0.39 is 35.8 Å². The maximum Gasteiger partial charge on any atom is 0.573 e. The highest BCUT2D eigenvalue weighted by molar-refractivity contribution is 5.99. The van der Waals surface area contributed by atoms with Crippen LogP contribution in [0.4, 0.5) is 22.0 Å². The van der Waals surface area contributed by atoms with Gasteiger partial charge in [0.05, 0.1) is 0 Å². The van der Waals surface area contributed by atoms with E-state index in [0.29, 0.717) is 0 Å². The number of hydrogen-bond acceptors (Lipinski definition) is 3. The minimum Gasteiger partial charge on any atom is -0.434 e. The van der Waals surface area contributed by atoms with Crippen molar-refractivity contribution in [1.82, 2.24) is 0 Å². The normalized spacial score (nSPS) is 11.5. The van der Waals surface area contributed by atoms with Gasteiger partial charge in [0.2, 0.25) is 0 Å². The zero-order valence-electron chi connectivity index (χ0n) is 8.92. The second-order valence-corrected chi connectivity index (χ2v) is 3.11. The van der Waals surface area contributed by atoms with E-state index in [9.17, 15) is 26.7 Å². The van der Waals surface area contributed by atoms with Crippen molar-refractivity contribution in [2.75, 3.05) is 0 Å². The highest BCUT2D eigenvalue weighted by Gasteiger charge is 2.33. The number of benzene rings is 1. The molecule has 0 aromatic heterocycles. The molecule has 0 atom stereocenters. The maximum atomic E-state index is 12.1. The summed E-state index contributed by atoms with van der Waals surface area (Å²) in [7, 11) is 0. The van der Waals surface area contributed by atoms with Crippen molar-refractivity contribution in [2.24, 2.45) is 0 Å². The summed E-state index contributed by atoms with van der Waals surface area (Å²) in [4.78, 5) is 11.2. The summed E-state index contributed by atoms with van der Waals surface area (Å²) in [5.41, 5.74) is -0.685. The number of halogens is 5. The molecule has 1 aromatic rings. The smallest absolute Gasteiger partial charge is 0.434 e. The number of alkyl halides is 5. The SMILES string of the molecule is CC(=O)c1c(OC(F)F)cccc1OC(F)(F)F. The molecule has 0 fully saturated rings. The fraction of sp³-hybridized carbons (Fsp3) is 0.300. The van der Waals surface area contributed by atoms with Crippen LogP contribution >= 0.6 is 0 Å². The van der Waals surface area contributed by atoms with Gasteiger partial charge < -0.3 is 9.47 Å². The zero-order valence-corrected chi connectivity index (χ0v) is 8.92. The summed E-state index contributed by atoms with van der Waals surface area (Å²) >= 11 is 0. The molecule has 0 aliphatic carbocycles. The fourth-order valence-electron chi connectivity index (χ4n) is 1.26. The molecule has 0 radical (unpaired) electrons. The summed E-state index contributed by atoms with van der Waals surface area (Å²) in [6.07, 6.45) is -5.03. The Labute approximate surface area is 98.1 Å². The van der Waals surface area contributed by atoms with Gasteiger partial charge in [0.1, 0.15) is 17.1 Å². The Morgan fingerprint density at radius 1 is 1.22 bits per heavy atom. The van der Waals surface area contributed by atoms with Crippen LogP contribution in [0.5, 0.6) is 11.5 Å². The molecular weight excluding hydrogens is 263 g/mol. The van der Waals surface area contributed by atoms with Crippen LogP contribution in [0.25, 0.3) is 0 Å². The van der Waals surface area contributed by atoms with E-state index in [1.165, 1.54) is 0 Å². The average molecular weight is 270 g/mol. The Bertz CT molecular complexity index is 442. The van der Waals surface area contributed by atoms with E-state index in [2.05, 4.69) is 9.47 Å². The van der Waals surface area contributed by atoms with Gasteiger partial charge in [-0.15, -0.1) is 13.2 Å². The molecule has 0 unspecified atom stereocenters. The first-order valence-electron chi connectivity index (χ1n) is 4.55. The predicted molar refractivity (Wildman–Crippen MR) is 49.8 cm³/mol. The zero-order chi connectivity index (χ0) is 13.9. The van der Waals surface area contributed by atoms with Crippen molar-refractivity contribution in [3.8, 4) is 11.5 Å². The average Bonchev–Trinajstić information content (AvgIpc) is 2.13. The lowest BCUT2D eigenvalue weighted by atomic mass is 10.1. The fourth-order valence-corrected chi connectivity index (χ4v) is 1.26. The van der Waals surface area contributed by atoms with Gasteiger partial charge in [-0.3, -0.25) is 4.79 Å². The molecular formula is C10H7F5O3. The van der Waals surface area contributed by atoms with Crippen molar-refractivity contribution in [3.63, 3.8) is 0 Å². The Morgan fingerprint density at radius 3 is 2.22 bits per heavy atom. The topological polar surface area (TPSA) is 35.5 Å². The van der Waals surface area contributed by atoms with Crippen molar-refractivity contribution < 1.29 is 36.2 Å². The first kappa shape index (κ1) is 14.2. The standard InChI is InChI=1S/C10H7F5O3/c1-5(16)8-6(17-9(11)12)3-2-4-7(8)18-10(13,14)15/h2-4,9H,1H3. The van der Waals surface area contributed by atoms with Crippen molar-refractivity contribution in [2.45, 2.75) is 19.9 Å². The molecule has 0 saturated heterocycles. The molecule has 0 spiro atoms. The van der Waals surface area contributed by atoms with Gasteiger partial charge in [0, 0.05) is 0 Å². The number of carbonyl (C=O) groups excluding carboxylic acids is 1. The number of ether oxygens (including phenoxy) is 2. The van der Waals surface area contributed by atoms with Crippen molar-refractivity contribution in [1.29, 1.82) is 0 Å². The lowest BCUT2D eigenvalue weighted by molar-refractivity contribution is -0.274. The van der Waals surface area contributed by atoms with Gasteiger partial charge in [0.25, 0.3) is 0 Å². The van der Waals surface area contributed by atoms with E-state index in [-0.39, 0.29) is 0 Å². The molecule has 0 bridgehead atoms. The van der Waals surface area contributed by atoms with Gasteiger partial charge in [-0.1, -0.05) is 6.07 Å². The second-order valence-electron chi connectivity index (χ2n) is 3.11. The number of ketones is 1. The molecule has 0 N–H and O–H groups in total. The third-order valence-corrected chi connectivity index (χ3v) is 1.78. The molecule has 0 amide bonds. The third kappa shape index (κ3) is 3.86. The van der Waals surface area contributed by atoms with Gasteiger partial charge >= 0.3 is 13.0 Å². The number of carbonyl (C=O) groups is 1. The summed E-state index contributed by atoms with van der Waals surface area (Å²) in [6.45, 7) is -2.35. The minimum absolute atomic E-state index is 0.667. The van der Waals surface area contributed by atoms with Crippen LogP contribution in [0.1, 0.15) is 17.3 Å². The van der Waals surface area contributed by atoms with Gasteiger partial charge in [-0.05, 0) is 19.1 Å². The maximum absolute atomic E-state index is 12.1. The molecule has 3 nitrogen and oxygen atoms in total. The Morgan fingerprint density at radius 2 is 1.78 bits per heavy atom. The van der Waals surface area contributed by atoms with Crippen LogP contribution in [0.2, 0.25) is 0 Å². The van der Waals surface area contributed by atoms with E-state index in [4.69, 9.17) is 0 Å². The Hall–Kier alpha value is -1.86. The molecule has 0 aliphatic rings. The van der Waals surface area contributed by atoms with E-state index in [0.717, 1.165) is 25.1 Å². The molecule has 0 heterocycles. The van der Waals surface area contributed by atoms with Crippen molar-refractivity contribution >= 4 is 5.78 Å². The molecule has 8 heteroatoms. The van der Waals surface area contributed by atoms with E-state index >= 15 is 0 Å². The van der Waals surface area contributed by atoms with Crippen LogP contribution in [0, 0.1) is 0 Å². The van der Waals surface area contributed by atoms with Gasteiger partial charge in [-0.2, -0.15) is 8.78 Å². The first-order valence-corrected chi connectivity index (χ1v) is 4.55. The Balaban J connectivity index is 3.22. The van der Waals surface area contributed by atoms with Gasteiger partial charge in [0.15, 0.2) is 5.78 Å². The van der Waals surface area contributed by atoms with Crippen LogP contribution in [0.15, 0.2) is 18.2 Å². The largest absolute Gasteiger partial charge is 0.573 e. The van der Waals surface area contributed by atoms with E-state index in [1.807, 2.05) is 0 Å². The lowest BCUT2D eigenvalue weighted by Gasteiger charge is -2.14. The molecule has 0 saturated carbocycles. The number of rotatable bonds is 4. The van der Waals surface area contributed by atoms with E-state index in [1.54, 1.807) is 0 Å². The number of hydrogen-bond donors (Lipinski definition) is 0. The lowest BCUT2D eigenvalue weighted by Crippen LogP contribution is -2.19. The summed E-state index contributed by atoms with van der Waals surface area (Å²) in [5.74, 6) is -2.43. The molecule has 18 heavy (non-hydrogen) atoms. The predicted octanol–water partition coefficient (Wildman–Crippen LogP) is 3.39. The molecule has 1 aromatic carbocycles. The van der Waals surface area contributed by atoms with Crippen LogP contribution in [-0.4, -0.2) is 18.8 Å². The highest BCUT2D eigenvalue weighted by Crippen LogP contribution is 2.33. The first-order chi connectivity index (χ1) is 8.20. The second kappa shape index (κ2) is 5.19. The number of Topliss-reactive ketones (excluding diaryl/α,β-unsaturated/α-hetero) is 1. The molecule has 0 aliphatic heterocycles. The van der Waals surface area contributed by atoms with Crippen LogP contribution in [0.3, 0.4) is 0 Å². The summed E-state index contributed by atoms with van der Waals surface area (Å²) in [6, 6.07) is 2.79. The van der Waals surface area contributed by atoms with Crippen LogP contribution < -0.4 is 9.47 Å². The molecule has 1 rings (SSSR count). The monoisotopic (exact) mass is 270 g/mol. The quantitative estimate of drug-likeness (QED) is 0.621. The summed E-state index contributed by atoms with van der Waals surface area (Å²) < 4.78 is 67.8. The summed E-state index contributed by atoms with van der Waals surface area (Å²) in [5, 5.41) is 0. The third-order valence-electron chi connectivity index (χ3n) is 1.78. The van der Waals surface area contributed by atoms with Crippen LogP contribution in [-0.2, 0) is 0 Å². The Kier molecular flexibility index (Phi) is 4.10.